The number of rotatable bonds is 11. The maximum absolute atomic E-state index is 13.0. The molecule has 200 valence electrons. The molecule has 0 bridgehead atoms. The molecule has 0 fully saturated rings. The highest BCUT2D eigenvalue weighted by Crippen LogP contribution is 2.42. The lowest BCUT2D eigenvalue weighted by atomic mass is 9.81. The van der Waals surface area contributed by atoms with Crippen LogP contribution in [-0.4, -0.2) is 36.6 Å². The van der Waals surface area contributed by atoms with Crippen molar-refractivity contribution in [1.82, 2.24) is 0 Å². The van der Waals surface area contributed by atoms with Crippen LogP contribution in [0.1, 0.15) is 25.5 Å². The maximum Gasteiger partial charge on any atom is 0.412 e. The van der Waals surface area contributed by atoms with Gasteiger partial charge in [-0.3, -0.25) is 10.1 Å². The number of anilines is 3. The minimum Gasteiger partial charge on any atom is -0.491 e. The molecule has 8 nitrogen and oxygen atoms in total. The zero-order valence-electron chi connectivity index (χ0n) is 21.6. The van der Waals surface area contributed by atoms with Crippen molar-refractivity contribution in [3.8, 4) is 5.75 Å². The summed E-state index contributed by atoms with van der Waals surface area (Å²) in [5, 5.41) is 14.8. The Hall–Kier alpha value is -3.95. The van der Waals surface area contributed by atoms with Gasteiger partial charge in [0.2, 0.25) is 5.91 Å². The Labute approximate surface area is 227 Å². The molecule has 0 unspecified atom stereocenters. The van der Waals surface area contributed by atoms with E-state index in [9.17, 15) is 14.7 Å². The van der Waals surface area contributed by atoms with Gasteiger partial charge in [0.25, 0.3) is 0 Å². The van der Waals surface area contributed by atoms with Crippen LogP contribution in [0.25, 0.3) is 0 Å². The second-order valence-corrected chi connectivity index (χ2v) is 9.86. The number of hydrogen-bond acceptors (Lipinski definition) is 7. The fourth-order valence-electron chi connectivity index (χ4n) is 3.69. The van der Waals surface area contributed by atoms with Crippen molar-refractivity contribution in [2.45, 2.75) is 24.8 Å². The zero-order valence-corrected chi connectivity index (χ0v) is 22.5. The largest absolute Gasteiger partial charge is 0.491 e. The zero-order chi connectivity index (χ0) is 27.5. The Morgan fingerprint density at radius 2 is 1.71 bits per heavy atom. The second-order valence-electron chi connectivity index (χ2n) is 8.98. The van der Waals surface area contributed by atoms with Crippen molar-refractivity contribution in [2.75, 3.05) is 35.8 Å². The average Bonchev–Trinajstić information content (AvgIpc) is 2.91. The van der Waals surface area contributed by atoms with E-state index in [1.165, 1.54) is 6.08 Å². The third-order valence-electron chi connectivity index (χ3n) is 5.67. The van der Waals surface area contributed by atoms with Crippen LogP contribution in [0.2, 0.25) is 0 Å². The minimum absolute atomic E-state index is 0.0783. The third kappa shape index (κ3) is 8.03. The van der Waals surface area contributed by atoms with E-state index in [-0.39, 0.29) is 19.1 Å². The van der Waals surface area contributed by atoms with Crippen molar-refractivity contribution in [1.29, 1.82) is 0 Å². The normalized spacial score (nSPS) is 12.1. The first-order valence-electron chi connectivity index (χ1n) is 12.0. The van der Waals surface area contributed by atoms with Gasteiger partial charge in [0, 0.05) is 21.6 Å². The molecule has 9 heteroatoms. The predicted octanol–water partition coefficient (Wildman–Crippen LogP) is 5.87. The number of hydrogen-bond donors (Lipinski definition) is 4. The number of carbonyl (C=O) groups is 2. The number of nitrogen functional groups attached to an aromatic ring is 1. The second kappa shape index (κ2) is 13.6. The lowest BCUT2D eigenvalue weighted by molar-refractivity contribution is -0.112. The van der Waals surface area contributed by atoms with Gasteiger partial charge in [-0.1, -0.05) is 50.3 Å². The van der Waals surface area contributed by atoms with E-state index in [0.717, 1.165) is 4.90 Å². The van der Waals surface area contributed by atoms with Crippen LogP contribution in [0.3, 0.4) is 0 Å². The van der Waals surface area contributed by atoms with Crippen LogP contribution >= 0.6 is 11.8 Å². The van der Waals surface area contributed by atoms with Crippen molar-refractivity contribution in [3.05, 3.63) is 90.5 Å². The summed E-state index contributed by atoms with van der Waals surface area (Å²) < 4.78 is 11.7. The Morgan fingerprint density at radius 3 is 2.39 bits per heavy atom. The van der Waals surface area contributed by atoms with Crippen molar-refractivity contribution in [2.24, 2.45) is 5.41 Å². The van der Waals surface area contributed by atoms with Crippen molar-refractivity contribution >= 4 is 40.8 Å². The van der Waals surface area contributed by atoms with Crippen LogP contribution in [0, 0.1) is 5.41 Å². The summed E-state index contributed by atoms with van der Waals surface area (Å²) in [5.74, 6) is 0.0875. The number of aliphatic hydroxyl groups excluding tert-OH is 1. The molecule has 3 aromatic carbocycles. The van der Waals surface area contributed by atoms with E-state index >= 15 is 0 Å². The number of benzene rings is 3. The number of amides is 2. The SMILES string of the molecule is CSc1ccc(NC(=O)O[C@H](c2ccccc2OCCO)C(C)(C)/C=C/C(=O)Nc2ccccc2N)cc1. The molecule has 0 aliphatic heterocycles. The molecule has 3 aromatic rings. The van der Waals surface area contributed by atoms with E-state index in [1.54, 1.807) is 78.5 Å². The van der Waals surface area contributed by atoms with Gasteiger partial charge in [-0.05, 0) is 54.8 Å². The highest BCUT2D eigenvalue weighted by Gasteiger charge is 2.34. The molecule has 5 N–H and O–H groups in total. The molecule has 0 spiro atoms. The number of ether oxygens (including phenoxy) is 2. The van der Waals surface area contributed by atoms with Gasteiger partial charge in [0.1, 0.15) is 18.5 Å². The molecule has 0 saturated carbocycles. The Balaban J connectivity index is 1.86. The first-order chi connectivity index (χ1) is 18.2. The molecule has 0 aliphatic rings. The molecular weight excluding hydrogens is 502 g/mol. The van der Waals surface area contributed by atoms with Gasteiger partial charge >= 0.3 is 6.09 Å². The molecule has 0 aliphatic carbocycles. The highest BCUT2D eigenvalue weighted by molar-refractivity contribution is 7.98. The Bertz CT molecular complexity index is 1260. The standard InChI is InChI=1S/C29H33N3O5S/c1-29(2,17-16-26(34)32-24-10-6-5-9-23(24)30)27(22-8-4-7-11-25(22)36-19-18-33)37-28(35)31-20-12-14-21(38-3)15-13-20/h4-17,27,33H,18-19,30H2,1-3H3,(H,31,35)(H,32,34)/b17-16+/t27-/m1/s1. The van der Waals surface area contributed by atoms with Crippen LogP contribution in [0.5, 0.6) is 5.75 Å². The molecule has 3 rings (SSSR count). The summed E-state index contributed by atoms with van der Waals surface area (Å²) in [6, 6.07) is 21.5. The molecule has 0 heterocycles. The van der Waals surface area contributed by atoms with E-state index in [0.29, 0.717) is 28.4 Å². The predicted molar refractivity (Wildman–Crippen MR) is 152 cm³/mol. The summed E-state index contributed by atoms with van der Waals surface area (Å²) in [4.78, 5) is 26.7. The summed E-state index contributed by atoms with van der Waals surface area (Å²) in [6.07, 6.45) is 3.54. The molecular formula is C29H33N3O5S. The quantitative estimate of drug-likeness (QED) is 0.137. The number of thioether (sulfide) groups is 1. The molecule has 0 aromatic heterocycles. The van der Waals surface area contributed by atoms with Crippen molar-refractivity contribution < 1.29 is 24.2 Å². The summed E-state index contributed by atoms with van der Waals surface area (Å²) in [5.41, 5.74) is 7.22. The topological polar surface area (TPSA) is 123 Å². The average molecular weight is 536 g/mol. The summed E-state index contributed by atoms with van der Waals surface area (Å²) in [7, 11) is 0. The van der Waals surface area contributed by atoms with Crippen LogP contribution in [0.15, 0.2) is 89.8 Å². The molecule has 38 heavy (non-hydrogen) atoms. The Kier molecular flexibility index (Phi) is 10.2. The fourth-order valence-corrected chi connectivity index (χ4v) is 4.10. The Morgan fingerprint density at radius 1 is 1.03 bits per heavy atom. The maximum atomic E-state index is 13.0. The van der Waals surface area contributed by atoms with E-state index in [2.05, 4.69) is 10.6 Å². The number of nitrogens with one attached hydrogen (secondary N) is 2. The van der Waals surface area contributed by atoms with Gasteiger partial charge in [-0.25, -0.2) is 4.79 Å². The van der Waals surface area contributed by atoms with Gasteiger partial charge in [-0.15, -0.1) is 11.8 Å². The van der Waals surface area contributed by atoms with Gasteiger partial charge in [0.15, 0.2) is 0 Å². The number of aliphatic hydroxyl groups is 1. The smallest absolute Gasteiger partial charge is 0.412 e. The van der Waals surface area contributed by atoms with Crippen LogP contribution < -0.4 is 21.1 Å². The van der Waals surface area contributed by atoms with Crippen molar-refractivity contribution in [3.63, 3.8) is 0 Å². The molecule has 0 radical (unpaired) electrons. The monoisotopic (exact) mass is 535 g/mol. The van der Waals surface area contributed by atoms with Crippen LogP contribution in [-0.2, 0) is 9.53 Å². The lowest BCUT2D eigenvalue weighted by Gasteiger charge is -2.32. The molecule has 1 atom stereocenters. The first kappa shape index (κ1) is 28.6. The van der Waals surface area contributed by atoms with E-state index < -0.39 is 17.6 Å². The van der Waals surface area contributed by atoms with Gasteiger partial charge in [-0.2, -0.15) is 0 Å². The van der Waals surface area contributed by atoms with Crippen LogP contribution in [0.4, 0.5) is 21.9 Å². The van der Waals surface area contributed by atoms with E-state index in [1.807, 2.05) is 32.2 Å². The lowest BCUT2D eigenvalue weighted by Crippen LogP contribution is -2.28. The first-order valence-corrected chi connectivity index (χ1v) is 13.2. The molecule has 0 saturated heterocycles. The van der Waals surface area contributed by atoms with Gasteiger partial charge in [0.05, 0.1) is 18.0 Å². The number of para-hydroxylation sites is 3. The van der Waals surface area contributed by atoms with Gasteiger partial charge < -0.3 is 25.6 Å². The number of nitrogens with two attached hydrogens (primary N) is 1. The highest BCUT2D eigenvalue weighted by atomic mass is 32.2. The summed E-state index contributed by atoms with van der Waals surface area (Å²) in [6.45, 7) is 3.61. The number of carbonyl (C=O) groups excluding carboxylic acids is 2. The third-order valence-corrected chi connectivity index (χ3v) is 6.41. The summed E-state index contributed by atoms with van der Waals surface area (Å²) >= 11 is 1.60. The minimum atomic E-state index is -0.849. The fraction of sp³-hybridized carbons (Fsp3) is 0.241. The van der Waals surface area contributed by atoms with E-state index in [4.69, 9.17) is 15.2 Å². The molecule has 2 amide bonds.